The van der Waals surface area contributed by atoms with E-state index in [4.69, 9.17) is 5.73 Å². The smallest absolute Gasteiger partial charge is 0.253 e. The summed E-state index contributed by atoms with van der Waals surface area (Å²) in [5, 5.41) is 6.24. The Kier molecular flexibility index (Phi) is 4.27. The minimum absolute atomic E-state index is 0.0883. The molecule has 2 fully saturated rings. The quantitative estimate of drug-likeness (QED) is 0.712. The molecule has 4 aliphatic rings. The highest BCUT2D eigenvalue weighted by Gasteiger charge is 2.35. The lowest BCUT2D eigenvalue weighted by atomic mass is 10.00. The predicted molar refractivity (Wildman–Crippen MR) is 109 cm³/mol. The Balaban J connectivity index is 1.31. The third kappa shape index (κ3) is 3.03. The minimum atomic E-state index is -0.337. The summed E-state index contributed by atoms with van der Waals surface area (Å²) in [6.07, 6.45) is 5.18. The molecule has 1 unspecified atom stereocenters. The van der Waals surface area contributed by atoms with Gasteiger partial charge in [-0.1, -0.05) is 18.6 Å². The zero-order valence-corrected chi connectivity index (χ0v) is 15.8. The van der Waals surface area contributed by atoms with Crippen LogP contribution in [0.15, 0.2) is 39.9 Å². The molecule has 4 heterocycles. The summed E-state index contributed by atoms with van der Waals surface area (Å²) in [7, 11) is 0. The predicted octanol–water partition coefficient (Wildman–Crippen LogP) is 0.541. The minimum Gasteiger partial charge on any atom is -0.370 e. The second-order valence-electron chi connectivity index (χ2n) is 7.77. The Morgan fingerprint density at radius 3 is 2.82 bits per heavy atom. The molecule has 0 radical (unpaired) electrons. The second-order valence-corrected chi connectivity index (χ2v) is 7.77. The van der Waals surface area contributed by atoms with Gasteiger partial charge in [0.25, 0.3) is 5.91 Å². The van der Waals surface area contributed by atoms with Crippen LogP contribution >= 0.6 is 0 Å². The number of fused-ring (bicyclic) bond motifs is 1. The van der Waals surface area contributed by atoms with E-state index >= 15 is 0 Å². The van der Waals surface area contributed by atoms with Crippen molar-refractivity contribution in [2.45, 2.75) is 31.5 Å². The fourth-order valence-electron chi connectivity index (χ4n) is 4.34. The number of carbonyl (C=O) groups excluding carboxylic acids is 1. The van der Waals surface area contributed by atoms with Gasteiger partial charge in [0.15, 0.2) is 12.1 Å². The Labute approximate surface area is 164 Å². The molecule has 0 spiro atoms. The van der Waals surface area contributed by atoms with Gasteiger partial charge in [-0.15, -0.1) is 0 Å². The van der Waals surface area contributed by atoms with Gasteiger partial charge in [0.2, 0.25) is 0 Å². The average molecular weight is 379 g/mol. The molecule has 0 saturated carbocycles. The molecular weight excluding hydrogens is 354 g/mol. The molecule has 2 saturated heterocycles. The maximum atomic E-state index is 13.0. The van der Waals surface area contributed by atoms with Crippen molar-refractivity contribution in [1.29, 1.82) is 0 Å². The summed E-state index contributed by atoms with van der Waals surface area (Å²) in [6.45, 7) is 3.99. The largest absolute Gasteiger partial charge is 0.370 e. The number of hydrogen-bond donors (Lipinski definition) is 3. The van der Waals surface area contributed by atoms with Crippen LogP contribution < -0.4 is 16.4 Å². The van der Waals surface area contributed by atoms with Gasteiger partial charge in [-0.3, -0.25) is 9.69 Å². The number of carbonyl (C=O) groups is 1. The molecule has 1 amide bonds. The van der Waals surface area contributed by atoms with Crippen LogP contribution in [0.4, 0.5) is 0 Å². The van der Waals surface area contributed by atoms with Crippen LogP contribution in [-0.2, 0) is 0 Å². The highest BCUT2D eigenvalue weighted by atomic mass is 16.2. The van der Waals surface area contributed by atoms with E-state index < -0.39 is 0 Å². The molecule has 28 heavy (non-hydrogen) atoms. The summed E-state index contributed by atoms with van der Waals surface area (Å²) in [5.74, 6) is 0.416. The molecule has 8 nitrogen and oxygen atoms in total. The summed E-state index contributed by atoms with van der Waals surface area (Å²) >= 11 is 0. The lowest BCUT2D eigenvalue weighted by Gasteiger charge is -2.46. The fourth-order valence-corrected chi connectivity index (χ4v) is 4.34. The normalized spacial score (nSPS) is 24.9. The molecule has 0 aromatic heterocycles. The van der Waals surface area contributed by atoms with Crippen LogP contribution in [0, 0.1) is 0 Å². The summed E-state index contributed by atoms with van der Waals surface area (Å²) in [6, 6.07) is 8.19. The zero-order valence-electron chi connectivity index (χ0n) is 15.8. The first kappa shape index (κ1) is 17.2. The number of hydrogen-bond acceptors (Lipinski definition) is 7. The number of rotatable bonds is 3. The molecule has 1 atom stereocenters. The number of benzene rings is 1. The van der Waals surface area contributed by atoms with Crippen molar-refractivity contribution in [2.24, 2.45) is 15.7 Å². The number of guanidine groups is 1. The Bertz CT molecular complexity index is 878. The molecule has 4 aliphatic heterocycles. The van der Waals surface area contributed by atoms with Gasteiger partial charge >= 0.3 is 0 Å². The first-order valence-electron chi connectivity index (χ1n) is 9.95. The Hall–Kier alpha value is -2.87. The van der Waals surface area contributed by atoms with Crippen molar-refractivity contribution in [3.63, 3.8) is 0 Å². The SMILES string of the molecule is NC1=NC2N=CNC2=C(c2cccc(C(=O)N3CC(N4CCCCC4)C3)c2)N1. The number of nitrogens with two attached hydrogens (primary N) is 1. The van der Waals surface area contributed by atoms with Crippen LogP contribution in [0.5, 0.6) is 0 Å². The van der Waals surface area contributed by atoms with Crippen LogP contribution in [0.3, 0.4) is 0 Å². The van der Waals surface area contributed by atoms with Crippen molar-refractivity contribution in [3.8, 4) is 0 Å². The number of nitrogens with zero attached hydrogens (tertiary/aromatic N) is 4. The highest BCUT2D eigenvalue weighted by Crippen LogP contribution is 2.26. The molecule has 1 aromatic carbocycles. The number of aliphatic imine (C=N–C) groups is 2. The lowest BCUT2D eigenvalue weighted by molar-refractivity contribution is 0.0203. The van der Waals surface area contributed by atoms with E-state index in [1.807, 2.05) is 29.2 Å². The summed E-state index contributed by atoms with van der Waals surface area (Å²) < 4.78 is 0. The highest BCUT2D eigenvalue weighted by molar-refractivity contribution is 5.97. The Morgan fingerprint density at radius 1 is 1.18 bits per heavy atom. The van der Waals surface area contributed by atoms with Gasteiger partial charge in [-0.2, -0.15) is 0 Å². The van der Waals surface area contributed by atoms with Crippen LogP contribution in [0.1, 0.15) is 35.2 Å². The molecule has 146 valence electrons. The number of amides is 1. The number of piperidine rings is 1. The van der Waals surface area contributed by atoms with E-state index in [0.29, 0.717) is 17.6 Å². The second kappa shape index (κ2) is 6.94. The standard InChI is InChI=1S/C20H25N7O/c21-20-24-16(17-18(25-20)23-12-22-17)13-5-4-6-14(9-13)19(28)27-10-15(11-27)26-7-2-1-3-8-26/h4-6,9,12,15,18H,1-3,7-8,10-11H2,(H,22,23)(H3,21,24,25). The third-order valence-electron chi connectivity index (χ3n) is 5.93. The topological polar surface area (TPSA) is 98.3 Å². The molecule has 0 aliphatic carbocycles. The van der Waals surface area contributed by atoms with E-state index in [-0.39, 0.29) is 12.1 Å². The maximum Gasteiger partial charge on any atom is 0.253 e. The fraction of sp³-hybridized carbons (Fsp3) is 0.450. The van der Waals surface area contributed by atoms with E-state index in [1.54, 1.807) is 6.34 Å². The summed E-state index contributed by atoms with van der Waals surface area (Å²) in [5.41, 5.74) is 9.17. The Morgan fingerprint density at radius 2 is 2.00 bits per heavy atom. The van der Waals surface area contributed by atoms with Crippen molar-refractivity contribution < 1.29 is 4.79 Å². The average Bonchev–Trinajstić information content (AvgIpc) is 3.15. The van der Waals surface area contributed by atoms with Gasteiger partial charge in [0.05, 0.1) is 17.7 Å². The van der Waals surface area contributed by atoms with Crippen LogP contribution in [0.25, 0.3) is 5.70 Å². The molecule has 1 aromatic rings. The monoisotopic (exact) mass is 379 g/mol. The molecule has 5 rings (SSSR count). The van der Waals surface area contributed by atoms with E-state index in [9.17, 15) is 4.79 Å². The molecular formula is C20H25N7O. The first-order chi connectivity index (χ1) is 13.7. The van der Waals surface area contributed by atoms with Gasteiger partial charge < -0.3 is 21.3 Å². The molecule has 0 bridgehead atoms. The van der Waals surface area contributed by atoms with Crippen molar-refractivity contribution in [1.82, 2.24) is 20.4 Å². The van der Waals surface area contributed by atoms with Crippen LogP contribution in [0.2, 0.25) is 0 Å². The van der Waals surface area contributed by atoms with Gasteiger partial charge in [0.1, 0.15) is 0 Å². The number of likely N-dealkylation sites (tertiary alicyclic amines) is 2. The van der Waals surface area contributed by atoms with E-state index in [1.165, 1.54) is 32.4 Å². The van der Waals surface area contributed by atoms with Crippen molar-refractivity contribution in [2.75, 3.05) is 26.2 Å². The van der Waals surface area contributed by atoms with E-state index in [2.05, 4.69) is 25.5 Å². The lowest BCUT2D eigenvalue weighted by Crippen LogP contribution is -2.61. The van der Waals surface area contributed by atoms with Gasteiger partial charge in [0, 0.05) is 30.3 Å². The first-order valence-corrected chi connectivity index (χ1v) is 9.95. The van der Waals surface area contributed by atoms with Crippen molar-refractivity contribution >= 4 is 23.9 Å². The van der Waals surface area contributed by atoms with Gasteiger partial charge in [-0.25, -0.2) is 9.98 Å². The molecule has 4 N–H and O–H groups in total. The van der Waals surface area contributed by atoms with Gasteiger partial charge in [-0.05, 0) is 38.1 Å². The summed E-state index contributed by atoms with van der Waals surface area (Å²) in [4.78, 5) is 26.0. The third-order valence-corrected chi connectivity index (χ3v) is 5.93. The maximum absolute atomic E-state index is 13.0. The zero-order chi connectivity index (χ0) is 19.1. The van der Waals surface area contributed by atoms with Crippen molar-refractivity contribution in [3.05, 3.63) is 41.1 Å². The van der Waals surface area contributed by atoms with Crippen LogP contribution in [-0.4, -0.2) is 66.4 Å². The molecule has 8 heteroatoms. The van der Waals surface area contributed by atoms with E-state index in [0.717, 1.165) is 30.0 Å². The number of nitrogens with one attached hydrogen (secondary N) is 2.